The molecule has 0 aromatic carbocycles. The van der Waals surface area contributed by atoms with Crippen molar-refractivity contribution in [1.82, 2.24) is 15.1 Å². The zero-order valence-corrected chi connectivity index (χ0v) is 19.6. The Hall–Kier alpha value is -1.29. The fourth-order valence-corrected chi connectivity index (χ4v) is 7.98. The summed E-state index contributed by atoms with van der Waals surface area (Å²) in [5.41, 5.74) is -0.593. The molecule has 178 valence electrons. The Balaban J connectivity index is 1.13. The summed E-state index contributed by atoms with van der Waals surface area (Å²) in [4.78, 5) is 2.43. The van der Waals surface area contributed by atoms with E-state index in [1.165, 1.54) is 0 Å². The summed E-state index contributed by atoms with van der Waals surface area (Å²) >= 11 is 0. The third-order valence-electron chi connectivity index (χ3n) is 8.04. The Morgan fingerprint density at radius 1 is 1.06 bits per heavy atom. The molecule has 0 bridgehead atoms. The first-order chi connectivity index (χ1) is 15.4. The molecule has 3 heterocycles. The SMILES string of the molecule is O=S(=O)(c1ccc(N[C@H]2C[C@@H]3CN(CC4(O)CCOCC4)C[C@@H]3C2)nn1)C1CCCCC1. The van der Waals surface area contributed by atoms with E-state index in [9.17, 15) is 13.5 Å². The normalized spacial score (nSPS) is 31.5. The van der Waals surface area contributed by atoms with Crippen LogP contribution in [0.2, 0.25) is 0 Å². The predicted molar refractivity (Wildman–Crippen MR) is 121 cm³/mol. The van der Waals surface area contributed by atoms with Crippen LogP contribution in [0.15, 0.2) is 17.2 Å². The van der Waals surface area contributed by atoms with Gasteiger partial charge in [-0.1, -0.05) is 19.3 Å². The molecule has 2 aliphatic heterocycles. The number of β-amino-alcohol motifs (C(OH)–C–C–N with tert-alkyl or cyclic N) is 1. The summed E-state index contributed by atoms with van der Waals surface area (Å²) in [6.45, 7) is 4.15. The van der Waals surface area contributed by atoms with Crippen molar-refractivity contribution in [2.24, 2.45) is 11.8 Å². The van der Waals surface area contributed by atoms with Crippen molar-refractivity contribution in [3.8, 4) is 0 Å². The first kappa shape index (κ1) is 22.5. The molecule has 1 aromatic heterocycles. The van der Waals surface area contributed by atoms with Gasteiger partial charge in [-0.3, -0.25) is 4.90 Å². The van der Waals surface area contributed by atoms with Gasteiger partial charge in [-0.2, -0.15) is 0 Å². The molecular weight excluding hydrogens is 428 g/mol. The second kappa shape index (κ2) is 9.16. The van der Waals surface area contributed by atoms with Crippen LogP contribution in [0.1, 0.15) is 57.8 Å². The van der Waals surface area contributed by atoms with Gasteiger partial charge in [0.05, 0.1) is 10.9 Å². The highest BCUT2D eigenvalue weighted by Gasteiger charge is 2.43. The lowest BCUT2D eigenvalue weighted by molar-refractivity contribution is -0.0779. The van der Waals surface area contributed by atoms with Crippen molar-refractivity contribution >= 4 is 15.7 Å². The zero-order chi connectivity index (χ0) is 22.2. The highest BCUT2D eigenvalue weighted by atomic mass is 32.2. The number of nitrogens with zero attached hydrogens (tertiary/aromatic N) is 3. The Morgan fingerprint density at radius 3 is 2.38 bits per heavy atom. The van der Waals surface area contributed by atoms with Gasteiger partial charge in [-0.05, 0) is 49.7 Å². The largest absolute Gasteiger partial charge is 0.388 e. The van der Waals surface area contributed by atoms with Crippen LogP contribution in [0, 0.1) is 11.8 Å². The van der Waals surface area contributed by atoms with Gasteiger partial charge in [0.15, 0.2) is 14.9 Å². The Kier molecular flexibility index (Phi) is 6.44. The summed E-state index contributed by atoms with van der Waals surface area (Å²) in [5, 5.41) is 22.4. The van der Waals surface area contributed by atoms with Crippen LogP contribution >= 0.6 is 0 Å². The molecule has 0 radical (unpaired) electrons. The molecule has 0 amide bonds. The van der Waals surface area contributed by atoms with E-state index in [1.54, 1.807) is 12.1 Å². The lowest BCUT2D eigenvalue weighted by Gasteiger charge is -2.35. The molecule has 32 heavy (non-hydrogen) atoms. The van der Waals surface area contributed by atoms with Crippen molar-refractivity contribution in [3.05, 3.63) is 12.1 Å². The number of aliphatic hydroxyl groups is 1. The van der Waals surface area contributed by atoms with E-state index in [2.05, 4.69) is 20.4 Å². The first-order valence-electron chi connectivity index (χ1n) is 12.3. The van der Waals surface area contributed by atoms with Gasteiger partial charge in [-0.15, -0.1) is 10.2 Å². The molecule has 0 unspecified atom stereocenters. The van der Waals surface area contributed by atoms with E-state index in [0.29, 0.717) is 36.9 Å². The molecule has 1 aromatic rings. The van der Waals surface area contributed by atoms with E-state index in [0.717, 1.165) is 77.4 Å². The van der Waals surface area contributed by atoms with Crippen LogP contribution in [0.25, 0.3) is 0 Å². The molecule has 4 fully saturated rings. The van der Waals surface area contributed by atoms with Gasteiger partial charge < -0.3 is 15.2 Å². The lowest BCUT2D eigenvalue weighted by Crippen LogP contribution is -2.46. The Labute approximate surface area is 191 Å². The van der Waals surface area contributed by atoms with Crippen molar-refractivity contribution in [2.45, 2.75) is 79.7 Å². The lowest BCUT2D eigenvalue weighted by atomic mass is 9.94. The third kappa shape index (κ3) is 4.81. The van der Waals surface area contributed by atoms with Crippen molar-refractivity contribution in [2.75, 3.05) is 38.2 Å². The molecule has 4 aliphatic rings. The van der Waals surface area contributed by atoms with E-state index >= 15 is 0 Å². The number of hydrogen-bond acceptors (Lipinski definition) is 8. The molecule has 2 N–H and O–H groups in total. The number of sulfone groups is 1. The van der Waals surface area contributed by atoms with Crippen molar-refractivity contribution in [3.63, 3.8) is 0 Å². The van der Waals surface area contributed by atoms with Crippen LogP contribution in [-0.2, 0) is 14.6 Å². The molecule has 3 atom stereocenters. The average Bonchev–Trinajstić information content (AvgIpc) is 3.32. The molecule has 9 heteroatoms. The Bertz CT molecular complexity index is 868. The maximum Gasteiger partial charge on any atom is 0.200 e. The average molecular weight is 465 g/mol. The van der Waals surface area contributed by atoms with Gasteiger partial charge >= 0.3 is 0 Å². The van der Waals surface area contributed by atoms with E-state index in [4.69, 9.17) is 4.74 Å². The smallest absolute Gasteiger partial charge is 0.200 e. The molecule has 2 saturated heterocycles. The van der Waals surface area contributed by atoms with Gasteiger partial charge in [0.2, 0.25) is 0 Å². The molecule has 8 nitrogen and oxygen atoms in total. The van der Waals surface area contributed by atoms with Crippen LogP contribution < -0.4 is 5.32 Å². The zero-order valence-electron chi connectivity index (χ0n) is 18.8. The fraction of sp³-hybridized carbons (Fsp3) is 0.826. The molecular formula is C23H36N4O4S. The Morgan fingerprint density at radius 2 is 1.75 bits per heavy atom. The number of aromatic nitrogens is 2. The highest BCUT2D eigenvalue weighted by Crippen LogP contribution is 2.40. The predicted octanol–water partition coefficient (Wildman–Crippen LogP) is 2.25. The topological polar surface area (TPSA) is 105 Å². The highest BCUT2D eigenvalue weighted by molar-refractivity contribution is 7.92. The van der Waals surface area contributed by atoms with Crippen molar-refractivity contribution in [1.29, 1.82) is 0 Å². The van der Waals surface area contributed by atoms with Crippen LogP contribution in [0.4, 0.5) is 5.82 Å². The molecule has 2 saturated carbocycles. The van der Waals surface area contributed by atoms with Gasteiger partial charge in [0.25, 0.3) is 0 Å². The van der Waals surface area contributed by atoms with E-state index in [1.807, 2.05) is 0 Å². The monoisotopic (exact) mass is 464 g/mol. The number of hydrogen-bond donors (Lipinski definition) is 2. The van der Waals surface area contributed by atoms with E-state index in [-0.39, 0.29) is 10.3 Å². The minimum atomic E-state index is -3.38. The minimum Gasteiger partial charge on any atom is -0.388 e. The van der Waals surface area contributed by atoms with Crippen LogP contribution in [0.3, 0.4) is 0 Å². The summed E-state index contributed by atoms with van der Waals surface area (Å²) in [6, 6.07) is 3.73. The molecule has 5 rings (SSSR count). The van der Waals surface area contributed by atoms with Crippen LogP contribution in [0.5, 0.6) is 0 Å². The van der Waals surface area contributed by atoms with Crippen molar-refractivity contribution < 1.29 is 18.3 Å². The fourth-order valence-electron chi connectivity index (χ4n) is 6.27. The number of rotatable bonds is 6. The summed E-state index contributed by atoms with van der Waals surface area (Å²) < 4.78 is 31.0. The number of ether oxygens (including phenoxy) is 1. The second-order valence-corrected chi connectivity index (χ2v) is 12.6. The third-order valence-corrected chi connectivity index (χ3v) is 10.2. The summed E-state index contributed by atoms with van der Waals surface area (Å²) in [5.74, 6) is 1.93. The van der Waals surface area contributed by atoms with Gasteiger partial charge in [0, 0.05) is 51.7 Å². The van der Waals surface area contributed by atoms with E-state index < -0.39 is 15.4 Å². The number of nitrogens with one attached hydrogen (secondary N) is 1. The minimum absolute atomic E-state index is 0.111. The van der Waals surface area contributed by atoms with Gasteiger partial charge in [-0.25, -0.2) is 8.42 Å². The standard InChI is InChI=1S/C23H36N4O4S/c28-23(8-10-31-11-9-23)16-27-14-17-12-19(13-18(17)15-27)24-21-6-7-22(26-25-21)32(29,30)20-4-2-1-3-5-20/h6-7,17-20,28H,1-5,8-16H2,(H,24,25)/t17-,18+,19+. The maximum atomic E-state index is 12.8. The maximum absolute atomic E-state index is 12.8. The quantitative estimate of drug-likeness (QED) is 0.661. The van der Waals surface area contributed by atoms with Crippen LogP contribution in [-0.4, -0.2) is 78.4 Å². The summed E-state index contributed by atoms with van der Waals surface area (Å²) in [6.07, 6.45) is 8.16. The summed E-state index contributed by atoms with van der Waals surface area (Å²) in [7, 11) is -3.38. The number of likely N-dealkylation sites (tertiary alicyclic amines) is 1. The first-order valence-corrected chi connectivity index (χ1v) is 13.8. The molecule has 2 aliphatic carbocycles. The molecule has 0 spiro atoms. The number of anilines is 1. The van der Waals surface area contributed by atoms with Gasteiger partial charge in [0.1, 0.15) is 5.82 Å². The number of fused-ring (bicyclic) bond motifs is 1. The second-order valence-electron chi connectivity index (χ2n) is 10.4.